The van der Waals surface area contributed by atoms with Crippen molar-refractivity contribution in [3.8, 4) is 0 Å². The van der Waals surface area contributed by atoms with Crippen LogP contribution in [0.2, 0.25) is 0 Å². The SMILES string of the molecule is CCCCCCCCCCCCCCCCOC[C@@H](CN)O[C@@H]1OC(C)[C@H](O)C(O)[C@@H]1O. The fraction of sp³-hybridized carbons (Fsp3) is 1.00. The molecule has 1 aliphatic heterocycles. The molecule has 0 aromatic rings. The maximum absolute atomic E-state index is 10.0. The van der Waals surface area contributed by atoms with Crippen LogP contribution in [0.4, 0.5) is 0 Å². The molecule has 1 saturated heterocycles. The largest absolute Gasteiger partial charge is 0.388 e. The third-order valence-electron chi connectivity index (χ3n) is 6.34. The molecule has 0 aromatic carbocycles. The Hall–Kier alpha value is -0.280. The van der Waals surface area contributed by atoms with Gasteiger partial charge >= 0.3 is 0 Å². The van der Waals surface area contributed by atoms with Gasteiger partial charge in [-0.2, -0.15) is 0 Å². The number of ether oxygens (including phenoxy) is 3. The molecule has 0 amide bonds. The van der Waals surface area contributed by atoms with Crippen LogP contribution in [-0.2, 0) is 14.2 Å². The molecular weight excluding hydrogens is 410 g/mol. The number of nitrogens with two attached hydrogens (primary N) is 1. The second-order valence-electron chi connectivity index (χ2n) is 9.35. The van der Waals surface area contributed by atoms with E-state index in [0.717, 1.165) is 12.8 Å². The zero-order chi connectivity index (χ0) is 23.6. The molecule has 192 valence electrons. The molecular formula is C25H51NO6. The normalized spacial score (nSPS) is 27.0. The van der Waals surface area contributed by atoms with Crippen LogP contribution in [0.15, 0.2) is 0 Å². The fourth-order valence-corrected chi connectivity index (χ4v) is 4.09. The van der Waals surface area contributed by atoms with Gasteiger partial charge in [0, 0.05) is 13.2 Å². The van der Waals surface area contributed by atoms with E-state index in [0.29, 0.717) is 13.2 Å². The Labute approximate surface area is 196 Å². The Morgan fingerprint density at radius 3 is 1.75 bits per heavy atom. The van der Waals surface area contributed by atoms with Gasteiger partial charge in [-0.1, -0.05) is 90.4 Å². The van der Waals surface area contributed by atoms with E-state index in [1.165, 1.54) is 77.0 Å². The van der Waals surface area contributed by atoms with Gasteiger partial charge in [0.1, 0.15) is 18.3 Å². The Morgan fingerprint density at radius 1 is 0.750 bits per heavy atom. The molecule has 1 rings (SSSR count). The first-order valence-electron chi connectivity index (χ1n) is 13.1. The van der Waals surface area contributed by atoms with Crippen LogP contribution in [0.3, 0.4) is 0 Å². The molecule has 5 N–H and O–H groups in total. The summed E-state index contributed by atoms with van der Waals surface area (Å²) in [6.45, 7) is 5.08. The summed E-state index contributed by atoms with van der Waals surface area (Å²) in [6.07, 6.45) is 12.7. The van der Waals surface area contributed by atoms with Gasteiger partial charge in [0.05, 0.1) is 18.8 Å². The molecule has 6 atom stereocenters. The highest BCUT2D eigenvalue weighted by atomic mass is 16.7. The minimum Gasteiger partial charge on any atom is -0.388 e. The number of rotatable bonds is 20. The van der Waals surface area contributed by atoms with E-state index in [1.807, 2.05) is 0 Å². The van der Waals surface area contributed by atoms with Gasteiger partial charge in [0.15, 0.2) is 6.29 Å². The number of unbranched alkanes of at least 4 members (excludes halogenated alkanes) is 13. The zero-order valence-corrected chi connectivity index (χ0v) is 20.6. The summed E-state index contributed by atoms with van der Waals surface area (Å²) < 4.78 is 16.8. The lowest BCUT2D eigenvalue weighted by Gasteiger charge is -2.40. The lowest BCUT2D eigenvalue weighted by molar-refractivity contribution is -0.305. The first-order valence-corrected chi connectivity index (χ1v) is 13.1. The van der Waals surface area contributed by atoms with Crippen molar-refractivity contribution >= 4 is 0 Å². The highest BCUT2D eigenvalue weighted by molar-refractivity contribution is 4.87. The highest BCUT2D eigenvalue weighted by Gasteiger charge is 2.43. The topological polar surface area (TPSA) is 114 Å². The van der Waals surface area contributed by atoms with Gasteiger partial charge in [-0.25, -0.2) is 0 Å². The molecule has 32 heavy (non-hydrogen) atoms. The van der Waals surface area contributed by atoms with Crippen LogP contribution in [0.5, 0.6) is 0 Å². The number of aliphatic hydroxyl groups excluding tert-OH is 3. The minimum atomic E-state index is -1.32. The summed E-state index contributed by atoms with van der Waals surface area (Å²) in [5.41, 5.74) is 5.74. The maximum atomic E-state index is 10.0. The summed E-state index contributed by atoms with van der Waals surface area (Å²) in [5, 5.41) is 29.7. The van der Waals surface area contributed by atoms with Crippen molar-refractivity contribution in [3.63, 3.8) is 0 Å². The molecule has 0 bridgehead atoms. The first-order chi connectivity index (χ1) is 15.5. The first kappa shape index (κ1) is 29.8. The third kappa shape index (κ3) is 12.8. The van der Waals surface area contributed by atoms with Gasteiger partial charge in [0.25, 0.3) is 0 Å². The average Bonchev–Trinajstić information content (AvgIpc) is 2.79. The van der Waals surface area contributed by atoms with Gasteiger partial charge in [0.2, 0.25) is 0 Å². The van der Waals surface area contributed by atoms with Gasteiger partial charge in [-0.05, 0) is 13.3 Å². The third-order valence-corrected chi connectivity index (χ3v) is 6.34. The molecule has 1 aliphatic rings. The number of hydrogen-bond acceptors (Lipinski definition) is 7. The molecule has 2 unspecified atom stereocenters. The van der Waals surface area contributed by atoms with Crippen molar-refractivity contribution in [2.24, 2.45) is 5.73 Å². The second-order valence-corrected chi connectivity index (χ2v) is 9.35. The van der Waals surface area contributed by atoms with Gasteiger partial charge in [-0.15, -0.1) is 0 Å². The van der Waals surface area contributed by atoms with Crippen LogP contribution in [0, 0.1) is 0 Å². The van der Waals surface area contributed by atoms with Crippen molar-refractivity contribution < 1.29 is 29.5 Å². The monoisotopic (exact) mass is 461 g/mol. The quantitative estimate of drug-likeness (QED) is 0.205. The minimum absolute atomic E-state index is 0.221. The number of hydrogen-bond donors (Lipinski definition) is 4. The van der Waals surface area contributed by atoms with Gasteiger partial charge < -0.3 is 35.3 Å². The molecule has 7 heteroatoms. The Bertz CT molecular complexity index is 427. The van der Waals surface area contributed by atoms with Crippen molar-refractivity contribution in [3.05, 3.63) is 0 Å². The van der Waals surface area contributed by atoms with E-state index in [-0.39, 0.29) is 6.54 Å². The van der Waals surface area contributed by atoms with E-state index in [2.05, 4.69) is 6.92 Å². The van der Waals surface area contributed by atoms with Crippen molar-refractivity contribution in [2.45, 2.75) is 141 Å². The zero-order valence-electron chi connectivity index (χ0n) is 20.6. The Kier molecular flexibility index (Phi) is 17.7. The van der Waals surface area contributed by atoms with Crippen molar-refractivity contribution in [1.82, 2.24) is 0 Å². The van der Waals surface area contributed by atoms with Crippen LogP contribution < -0.4 is 5.73 Å². The van der Waals surface area contributed by atoms with E-state index in [9.17, 15) is 15.3 Å². The average molecular weight is 462 g/mol. The van der Waals surface area contributed by atoms with Crippen molar-refractivity contribution in [1.29, 1.82) is 0 Å². The molecule has 0 spiro atoms. The van der Waals surface area contributed by atoms with Gasteiger partial charge in [-0.3, -0.25) is 0 Å². The summed E-state index contributed by atoms with van der Waals surface area (Å²) in [6, 6.07) is 0. The molecule has 7 nitrogen and oxygen atoms in total. The maximum Gasteiger partial charge on any atom is 0.187 e. The molecule has 1 fully saturated rings. The Morgan fingerprint density at radius 2 is 1.25 bits per heavy atom. The van der Waals surface area contributed by atoms with Crippen LogP contribution in [0.1, 0.15) is 104 Å². The van der Waals surface area contributed by atoms with Crippen LogP contribution in [-0.4, -0.2) is 71.9 Å². The predicted molar refractivity (Wildman–Crippen MR) is 127 cm³/mol. The molecule has 1 heterocycles. The summed E-state index contributed by atoms with van der Waals surface area (Å²) in [4.78, 5) is 0. The summed E-state index contributed by atoms with van der Waals surface area (Å²) in [5.74, 6) is 0. The summed E-state index contributed by atoms with van der Waals surface area (Å²) in [7, 11) is 0. The molecule has 0 radical (unpaired) electrons. The molecule has 0 aromatic heterocycles. The lowest BCUT2D eigenvalue weighted by atomic mass is 10.00. The lowest BCUT2D eigenvalue weighted by Crippen LogP contribution is -2.58. The van der Waals surface area contributed by atoms with Crippen LogP contribution >= 0.6 is 0 Å². The highest BCUT2D eigenvalue weighted by Crippen LogP contribution is 2.22. The second kappa shape index (κ2) is 19.1. The predicted octanol–water partition coefficient (Wildman–Crippen LogP) is 3.66. The fourth-order valence-electron chi connectivity index (χ4n) is 4.09. The van der Waals surface area contributed by atoms with E-state index in [4.69, 9.17) is 19.9 Å². The van der Waals surface area contributed by atoms with E-state index in [1.54, 1.807) is 6.92 Å². The number of aliphatic hydroxyl groups is 3. The standard InChI is InChI=1S/C25H51NO6/c1-3-4-5-6-7-8-9-10-11-12-13-14-15-16-17-30-19-21(18-26)32-25-24(29)23(28)22(27)20(2)31-25/h20-25,27-29H,3-19,26H2,1-2H3/t20?,21-,22+,23?,24+,25+/m1/s1. The Balaban J connectivity index is 1.94. The van der Waals surface area contributed by atoms with E-state index >= 15 is 0 Å². The summed E-state index contributed by atoms with van der Waals surface area (Å²) >= 11 is 0. The molecule has 0 saturated carbocycles. The van der Waals surface area contributed by atoms with Crippen LogP contribution in [0.25, 0.3) is 0 Å². The van der Waals surface area contributed by atoms with Crippen molar-refractivity contribution in [2.75, 3.05) is 19.8 Å². The van der Waals surface area contributed by atoms with E-state index < -0.39 is 36.8 Å². The molecule has 0 aliphatic carbocycles. The smallest absolute Gasteiger partial charge is 0.187 e.